The van der Waals surface area contributed by atoms with Crippen molar-refractivity contribution in [1.29, 1.82) is 0 Å². The highest BCUT2D eigenvalue weighted by molar-refractivity contribution is 7.16. The Morgan fingerprint density at radius 2 is 2.17 bits per heavy atom. The predicted octanol–water partition coefficient (Wildman–Crippen LogP) is 2.03. The Balaban J connectivity index is 2.77. The Hall–Kier alpha value is -1.09. The second-order valence-electron chi connectivity index (χ2n) is 2.57. The first-order chi connectivity index (χ1) is 5.74. The fraction of sp³-hybridized carbons (Fsp3) is 0.222. The molecule has 0 saturated heterocycles. The molecule has 2 nitrogen and oxygen atoms in total. The number of aldehydes is 1. The van der Waals surface area contributed by atoms with E-state index in [0.29, 0.717) is 0 Å². The Morgan fingerprint density at radius 3 is 2.67 bits per heavy atom. The molecule has 0 aliphatic rings. The standard InChI is InChI=1S/C9H11NOS/c1-10(2)9-6-5-8(12-9)4-3-7-11/h3-7H,1-2H3. The smallest absolute Gasteiger partial charge is 0.142 e. The fourth-order valence-corrected chi connectivity index (χ4v) is 1.65. The van der Waals surface area contributed by atoms with Crippen LogP contribution < -0.4 is 4.90 Å². The number of carbonyl (C=O) groups excluding carboxylic acids is 1. The molecule has 12 heavy (non-hydrogen) atoms. The summed E-state index contributed by atoms with van der Waals surface area (Å²) >= 11 is 1.66. The van der Waals surface area contributed by atoms with E-state index in [0.717, 1.165) is 11.2 Å². The van der Waals surface area contributed by atoms with Crippen molar-refractivity contribution in [2.75, 3.05) is 19.0 Å². The molecule has 1 aromatic rings. The van der Waals surface area contributed by atoms with Gasteiger partial charge in [0.25, 0.3) is 0 Å². The minimum Gasteiger partial charge on any atom is -0.370 e. The van der Waals surface area contributed by atoms with Gasteiger partial charge in [0.2, 0.25) is 0 Å². The molecule has 0 fully saturated rings. The SMILES string of the molecule is CN(C)c1ccc(C=CC=O)s1. The molecule has 1 heterocycles. The normalized spacial score (nSPS) is 10.5. The highest BCUT2D eigenvalue weighted by atomic mass is 32.1. The largest absolute Gasteiger partial charge is 0.370 e. The third kappa shape index (κ3) is 2.20. The molecule has 0 aromatic carbocycles. The van der Waals surface area contributed by atoms with E-state index >= 15 is 0 Å². The third-order valence-electron chi connectivity index (χ3n) is 1.39. The molecule has 0 radical (unpaired) electrons. The lowest BCUT2D eigenvalue weighted by molar-refractivity contribution is -0.104. The molecule has 0 aliphatic heterocycles. The lowest BCUT2D eigenvalue weighted by atomic mass is 10.4. The van der Waals surface area contributed by atoms with Gasteiger partial charge in [-0.2, -0.15) is 0 Å². The molecule has 64 valence electrons. The van der Waals surface area contributed by atoms with Crippen LogP contribution in [-0.4, -0.2) is 20.4 Å². The average molecular weight is 181 g/mol. The first kappa shape index (κ1) is 9.00. The van der Waals surface area contributed by atoms with Crippen LogP contribution in [0.3, 0.4) is 0 Å². The Morgan fingerprint density at radius 1 is 1.42 bits per heavy atom. The molecule has 0 aliphatic carbocycles. The van der Waals surface area contributed by atoms with Crippen LogP contribution in [0.4, 0.5) is 5.00 Å². The summed E-state index contributed by atoms with van der Waals surface area (Å²) in [6, 6.07) is 4.04. The van der Waals surface area contributed by atoms with Gasteiger partial charge in [-0.1, -0.05) is 0 Å². The molecule has 0 amide bonds. The minimum atomic E-state index is 0.787. The van der Waals surface area contributed by atoms with Crippen LogP contribution in [0.15, 0.2) is 18.2 Å². The molecule has 0 spiro atoms. The Kier molecular flexibility index (Phi) is 3.05. The summed E-state index contributed by atoms with van der Waals surface area (Å²) in [6.07, 6.45) is 4.10. The summed E-state index contributed by atoms with van der Waals surface area (Å²) in [4.78, 5) is 13.2. The quantitative estimate of drug-likeness (QED) is 0.525. The third-order valence-corrected chi connectivity index (χ3v) is 2.61. The second kappa shape index (κ2) is 4.07. The summed E-state index contributed by atoms with van der Waals surface area (Å²) in [5, 5.41) is 1.19. The number of rotatable bonds is 3. The molecule has 0 saturated carbocycles. The van der Waals surface area contributed by atoms with Crippen LogP contribution >= 0.6 is 11.3 Å². The van der Waals surface area contributed by atoms with Gasteiger partial charge in [-0.3, -0.25) is 4.79 Å². The number of anilines is 1. The first-order valence-corrected chi connectivity index (χ1v) is 4.44. The van der Waals surface area contributed by atoms with Gasteiger partial charge >= 0.3 is 0 Å². The maximum Gasteiger partial charge on any atom is 0.142 e. The van der Waals surface area contributed by atoms with Gasteiger partial charge in [0, 0.05) is 19.0 Å². The molecule has 1 aromatic heterocycles. The highest BCUT2D eigenvalue weighted by Gasteiger charge is 1.97. The number of carbonyl (C=O) groups is 1. The van der Waals surface area contributed by atoms with Crippen molar-refractivity contribution in [1.82, 2.24) is 0 Å². The molecule has 1 rings (SSSR count). The molecule has 3 heteroatoms. The van der Waals surface area contributed by atoms with Gasteiger partial charge < -0.3 is 4.90 Å². The summed E-state index contributed by atoms with van der Waals surface area (Å²) in [7, 11) is 4.00. The van der Waals surface area contributed by atoms with E-state index in [-0.39, 0.29) is 0 Å². The average Bonchev–Trinajstić information content (AvgIpc) is 2.48. The second-order valence-corrected chi connectivity index (χ2v) is 3.66. The zero-order valence-electron chi connectivity index (χ0n) is 7.15. The lowest BCUT2D eigenvalue weighted by Crippen LogP contribution is -2.05. The summed E-state index contributed by atoms with van der Waals surface area (Å²) in [5.41, 5.74) is 0. The fourth-order valence-electron chi connectivity index (χ4n) is 0.806. The summed E-state index contributed by atoms with van der Waals surface area (Å²) < 4.78 is 0. The number of hydrogen-bond acceptors (Lipinski definition) is 3. The van der Waals surface area contributed by atoms with Crippen molar-refractivity contribution in [3.8, 4) is 0 Å². The summed E-state index contributed by atoms with van der Waals surface area (Å²) in [6.45, 7) is 0. The van der Waals surface area contributed by atoms with Crippen molar-refractivity contribution in [2.24, 2.45) is 0 Å². The molecule has 0 N–H and O–H groups in total. The van der Waals surface area contributed by atoms with Crippen molar-refractivity contribution >= 4 is 28.7 Å². The lowest BCUT2D eigenvalue weighted by Gasteiger charge is -2.06. The number of thiophene rings is 1. The van der Waals surface area contributed by atoms with Gasteiger partial charge in [0.05, 0.1) is 5.00 Å². The first-order valence-electron chi connectivity index (χ1n) is 3.63. The van der Waals surface area contributed by atoms with Gasteiger partial charge in [0.1, 0.15) is 6.29 Å². The van der Waals surface area contributed by atoms with Gasteiger partial charge in [-0.25, -0.2) is 0 Å². The van der Waals surface area contributed by atoms with Crippen LogP contribution in [0.5, 0.6) is 0 Å². The molecular formula is C9H11NOS. The van der Waals surface area contributed by atoms with Gasteiger partial charge in [-0.15, -0.1) is 11.3 Å². The van der Waals surface area contributed by atoms with Crippen LogP contribution in [0.2, 0.25) is 0 Å². The van der Waals surface area contributed by atoms with Gasteiger partial charge in [0.15, 0.2) is 0 Å². The summed E-state index contributed by atoms with van der Waals surface area (Å²) in [5.74, 6) is 0. The van der Waals surface area contributed by atoms with Crippen LogP contribution in [0.1, 0.15) is 4.88 Å². The topological polar surface area (TPSA) is 20.3 Å². The van der Waals surface area contributed by atoms with E-state index in [1.165, 1.54) is 11.1 Å². The van der Waals surface area contributed by atoms with E-state index in [2.05, 4.69) is 0 Å². The Bertz CT molecular complexity index is 288. The van der Waals surface area contributed by atoms with Crippen LogP contribution in [0.25, 0.3) is 6.08 Å². The zero-order chi connectivity index (χ0) is 8.97. The maximum absolute atomic E-state index is 10.0. The monoisotopic (exact) mass is 181 g/mol. The van der Waals surface area contributed by atoms with E-state index < -0.39 is 0 Å². The highest BCUT2D eigenvalue weighted by Crippen LogP contribution is 2.24. The number of allylic oxidation sites excluding steroid dienone is 1. The van der Waals surface area contributed by atoms with Crippen molar-refractivity contribution < 1.29 is 4.79 Å². The molecule has 0 bridgehead atoms. The van der Waals surface area contributed by atoms with E-state index in [1.807, 2.05) is 37.2 Å². The van der Waals surface area contributed by atoms with Gasteiger partial charge in [-0.05, 0) is 24.3 Å². The van der Waals surface area contributed by atoms with E-state index in [1.54, 1.807) is 11.3 Å². The molecular weight excluding hydrogens is 170 g/mol. The zero-order valence-corrected chi connectivity index (χ0v) is 7.97. The minimum absolute atomic E-state index is 0.787. The Labute approximate surface area is 76.1 Å². The van der Waals surface area contributed by atoms with Crippen LogP contribution in [0, 0.1) is 0 Å². The van der Waals surface area contributed by atoms with Crippen molar-refractivity contribution in [2.45, 2.75) is 0 Å². The maximum atomic E-state index is 10.0. The van der Waals surface area contributed by atoms with E-state index in [9.17, 15) is 4.79 Å². The molecule has 0 atom stereocenters. The van der Waals surface area contributed by atoms with Crippen molar-refractivity contribution in [3.05, 3.63) is 23.1 Å². The predicted molar refractivity (Wildman–Crippen MR) is 53.7 cm³/mol. The van der Waals surface area contributed by atoms with E-state index in [4.69, 9.17) is 0 Å². The molecule has 0 unspecified atom stereocenters. The number of nitrogens with zero attached hydrogens (tertiary/aromatic N) is 1. The number of hydrogen-bond donors (Lipinski definition) is 0. The van der Waals surface area contributed by atoms with Crippen LogP contribution in [-0.2, 0) is 4.79 Å². The van der Waals surface area contributed by atoms with Crippen molar-refractivity contribution in [3.63, 3.8) is 0 Å².